The van der Waals surface area contributed by atoms with Gasteiger partial charge in [0, 0.05) is 50.5 Å². The quantitative estimate of drug-likeness (QED) is 0.0980. The molecule has 1 fully saturated rings. The van der Waals surface area contributed by atoms with E-state index < -0.39 is 17.4 Å². The number of para-hydroxylation sites is 5. The first-order valence-corrected chi connectivity index (χ1v) is 19.4. The minimum absolute atomic E-state index is 0.423. The molecule has 6 N–H and O–H groups in total. The molecule has 7 aromatic heterocycles. The summed E-state index contributed by atoms with van der Waals surface area (Å²) in [6.45, 7) is 0. The molecule has 8 heterocycles. The van der Waals surface area contributed by atoms with E-state index in [0.717, 1.165) is 71.6 Å². The van der Waals surface area contributed by atoms with Gasteiger partial charge in [0.1, 0.15) is 17.2 Å². The molecule has 13 nitrogen and oxygen atoms in total. The predicted molar refractivity (Wildman–Crippen MR) is 227 cm³/mol. The molecule has 1 aliphatic heterocycles. The molecule has 0 radical (unpaired) electrons. The van der Waals surface area contributed by atoms with Crippen LogP contribution in [0.3, 0.4) is 0 Å². The molecule has 13 heteroatoms. The van der Waals surface area contributed by atoms with Crippen LogP contribution >= 0.6 is 0 Å². The molecule has 1 aliphatic rings. The number of nitrogens with zero attached hydrogens (tertiary/aromatic N) is 6. The molecule has 0 saturated carbocycles. The zero-order valence-corrected chi connectivity index (χ0v) is 31.1. The number of anilines is 1. The second-order valence-electron chi connectivity index (χ2n) is 15.1. The third-order valence-electron chi connectivity index (χ3n) is 12.0. The fraction of sp³-hybridized carbons (Fsp3) is 0.0652. The lowest BCUT2D eigenvalue weighted by molar-refractivity contribution is -0.0288. The van der Waals surface area contributed by atoms with Gasteiger partial charge in [0.2, 0.25) is 5.72 Å². The van der Waals surface area contributed by atoms with Crippen molar-refractivity contribution in [2.75, 3.05) is 4.90 Å². The molecule has 3 unspecified atom stereocenters. The summed E-state index contributed by atoms with van der Waals surface area (Å²) in [6.07, 6.45) is 6.30. The zero-order valence-electron chi connectivity index (χ0n) is 31.1. The summed E-state index contributed by atoms with van der Waals surface area (Å²) in [5.74, 6) is 1.75. The van der Waals surface area contributed by atoms with E-state index in [0.29, 0.717) is 28.5 Å². The van der Waals surface area contributed by atoms with E-state index in [-0.39, 0.29) is 0 Å². The highest BCUT2D eigenvalue weighted by Crippen LogP contribution is 2.63. The third-order valence-corrected chi connectivity index (χ3v) is 12.0. The van der Waals surface area contributed by atoms with Gasteiger partial charge in [-0.1, -0.05) is 91.0 Å². The summed E-state index contributed by atoms with van der Waals surface area (Å²) in [7, 11) is 0. The van der Waals surface area contributed by atoms with Crippen LogP contribution in [0.4, 0.5) is 5.82 Å². The molecule has 1 saturated heterocycles. The summed E-state index contributed by atoms with van der Waals surface area (Å²) in [6, 6.07) is 43.6. The molecule has 59 heavy (non-hydrogen) atoms. The first-order chi connectivity index (χ1) is 29.2. The van der Waals surface area contributed by atoms with Gasteiger partial charge >= 0.3 is 0 Å². The SMILES string of the molecule is c1ccc2[nH]c(N3C(c4[nH]cc5ccccc45)(c4cccc5c4[nH]c4ccccc45)OC(c4nc5ccccc5[nH]4)C3(c3ncc4[nH]cnc4n3)c3ccn[nH]3)cc2c1. The number of H-pyrrole nitrogens is 6. The van der Waals surface area contributed by atoms with Crippen molar-refractivity contribution in [1.29, 1.82) is 0 Å². The van der Waals surface area contributed by atoms with Crippen LogP contribution in [-0.2, 0) is 16.0 Å². The number of aromatic nitrogens is 11. The second-order valence-corrected chi connectivity index (χ2v) is 15.1. The summed E-state index contributed by atoms with van der Waals surface area (Å²) >= 11 is 0. The van der Waals surface area contributed by atoms with Gasteiger partial charge in [-0.05, 0) is 41.8 Å². The van der Waals surface area contributed by atoms with Crippen LogP contribution in [0, 0.1) is 0 Å². The van der Waals surface area contributed by atoms with Gasteiger partial charge in [-0.15, -0.1) is 0 Å². The Labute approximate surface area is 333 Å². The predicted octanol–water partition coefficient (Wildman–Crippen LogP) is 8.97. The first kappa shape index (κ1) is 32.1. The normalized spacial score (nSPS) is 19.7. The van der Waals surface area contributed by atoms with E-state index >= 15 is 0 Å². The molecule has 5 aromatic carbocycles. The third kappa shape index (κ3) is 4.28. The minimum Gasteiger partial charge on any atom is -0.360 e. The highest BCUT2D eigenvalue weighted by atomic mass is 16.5. The van der Waals surface area contributed by atoms with E-state index in [1.165, 1.54) is 0 Å². The number of imidazole rings is 2. The van der Waals surface area contributed by atoms with Crippen molar-refractivity contribution in [2.45, 2.75) is 17.4 Å². The van der Waals surface area contributed by atoms with E-state index in [1.807, 2.05) is 48.7 Å². The molecular formula is C46H32N12O. The summed E-state index contributed by atoms with van der Waals surface area (Å²) < 4.78 is 8.16. The van der Waals surface area contributed by atoms with Crippen LogP contribution in [0.15, 0.2) is 152 Å². The van der Waals surface area contributed by atoms with Crippen LogP contribution in [-0.4, -0.2) is 55.1 Å². The Hall–Kier alpha value is -8.03. The average Bonchev–Trinajstić information content (AvgIpc) is 4.14. The lowest BCUT2D eigenvalue weighted by Crippen LogP contribution is -2.55. The van der Waals surface area contributed by atoms with Crippen LogP contribution < -0.4 is 4.90 Å². The standard InChI is InChI=1S/C46H32N12O/c1-3-12-28-27(11-1)23-47-40(28)46(31-15-9-14-30-29-13-4-6-17-33(29)53-39(30)31)58(38-22-26-10-2-5-16-32(26)52-38)45(37-20-21-51-57-37,44-48-24-36-42(56-44)50-25-49-36)41(59-46)43-54-34-18-7-8-19-35(34)55-43/h1-25,41,47,52-53H,(H,51,57)(H,54,55)(H,48,49,50,56). The van der Waals surface area contributed by atoms with Gasteiger partial charge in [0.05, 0.1) is 40.5 Å². The molecule has 0 amide bonds. The largest absolute Gasteiger partial charge is 0.360 e. The zero-order chi connectivity index (χ0) is 38.7. The van der Waals surface area contributed by atoms with Gasteiger partial charge in [-0.3, -0.25) is 10.00 Å². The summed E-state index contributed by atoms with van der Waals surface area (Å²) in [5, 5.41) is 13.2. The molecular weight excluding hydrogens is 737 g/mol. The molecule has 3 atom stereocenters. The molecule has 13 rings (SSSR count). The number of hydrogen-bond donors (Lipinski definition) is 6. The van der Waals surface area contributed by atoms with Gasteiger partial charge in [0.25, 0.3) is 0 Å². The molecule has 0 bridgehead atoms. The van der Waals surface area contributed by atoms with E-state index in [4.69, 9.17) is 19.7 Å². The Bertz CT molecular complexity index is 3490. The van der Waals surface area contributed by atoms with Crippen LogP contribution in [0.5, 0.6) is 0 Å². The van der Waals surface area contributed by atoms with Crippen molar-refractivity contribution in [3.8, 4) is 0 Å². The number of hydrogen-bond acceptors (Lipinski definition) is 7. The minimum atomic E-state index is -1.47. The fourth-order valence-corrected chi connectivity index (χ4v) is 9.55. The summed E-state index contributed by atoms with van der Waals surface area (Å²) in [5.41, 5.74) is 5.22. The van der Waals surface area contributed by atoms with Gasteiger partial charge in [-0.25, -0.2) is 19.9 Å². The van der Waals surface area contributed by atoms with Crippen molar-refractivity contribution in [3.05, 3.63) is 181 Å². The number of nitrogens with one attached hydrogen (secondary N) is 6. The number of fused-ring (bicyclic) bond motifs is 7. The van der Waals surface area contributed by atoms with Crippen LogP contribution in [0.1, 0.15) is 34.7 Å². The highest BCUT2D eigenvalue weighted by Gasteiger charge is 2.70. The van der Waals surface area contributed by atoms with E-state index in [2.05, 4.69) is 130 Å². The van der Waals surface area contributed by atoms with Crippen molar-refractivity contribution in [1.82, 2.24) is 55.1 Å². The second kappa shape index (κ2) is 11.8. The Morgan fingerprint density at radius 1 is 0.644 bits per heavy atom. The Balaban J connectivity index is 1.26. The van der Waals surface area contributed by atoms with Gasteiger partial charge < -0.3 is 29.7 Å². The topological polar surface area (TPSA) is 172 Å². The lowest BCUT2D eigenvalue weighted by atomic mass is 9.83. The molecule has 0 aliphatic carbocycles. The maximum absolute atomic E-state index is 8.16. The van der Waals surface area contributed by atoms with E-state index in [9.17, 15) is 0 Å². The first-order valence-electron chi connectivity index (χ1n) is 19.4. The molecule has 12 aromatic rings. The van der Waals surface area contributed by atoms with Crippen molar-refractivity contribution in [3.63, 3.8) is 0 Å². The van der Waals surface area contributed by atoms with Gasteiger partial charge in [0.15, 0.2) is 23.1 Å². The van der Waals surface area contributed by atoms with Crippen molar-refractivity contribution in [2.24, 2.45) is 0 Å². The average molecular weight is 769 g/mol. The Kier molecular flexibility index (Phi) is 6.39. The lowest BCUT2D eigenvalue weighted by Gasteiger charge is -2.44. The summed E-state index contributed by atoms with van der Waals surface area (Å²) in [4.78, 5) is 41.1. The van der Waals surface area contributed by atoms with Crippen LogP contribution in [0.25, 0.3) is 65.7 Å². The highest BCUT2D eigenvalue weighted by molar-refractivity contribution is 6.09. The Morgan fingerprint density at radius 2 is 1.44 bits per heavy atom. The van der Waals surface area contributed by atoms with Gasteiger partial charge in [-0.2, -0.15) is 5.10 Å². The van der Waals surface area contributed by atoms with E-state index in [1.54, 1.807) is 18.7 Å². The van der Waals surface area contributed by atoms with Crippen molar-refractivity contribution >= 4 is 71.5 Å². The molecule has 282 valence electrons. The molecule has 0 spiro atoms. The fourth-order valence-electron chi connectivity index (χ4n) is 9.55. The maximum atomic E-state index is 8.16. The Morgan fingerprint density at radius 3 is 2.31 bits per heavy atom. The van der Waals surface area contributed by atoms with Crippen LogP contribution in [0.2, 0.25) is 0 Å². The number of rotatable bonds is 6. The number of ether oxygens (including phenoxy) is 1. The monoisotopic (exact) mass is 768 g/mol. The number of benzene rings is 5. The van der Waals surface area contributed by atoms with Crippen molar-refractivity contribution < 1.29 is 4.74 Å². The smallest absolute Gasteiger partial charge is 0.214 e. The number of aromatic amines is 6. The maximum Gasteiger partial charge on any atom is 0.214 e.